The summed E-state index contributed by atoms with van der Waals surface area (Å²) < 4.78 is 10.8. The van der Waals surface area contributed by atoms with Gasteiger partial charge in [0.25, 0.3) is 5.91 Å². The Morgan fingerprint density at radius 2 is 1.61 bits per heavy atom. The number of fused-ring (bicyclic) bond motifs is 3. The van der Waals surface area contributed by atoms with Gasteiger partial charge in [-0.3, -0.25) is 10.1 Å². The first-order valence-corrected chi connectivity index (χ1v) is 10.0. The second kappa shape index (κ2) is 10.6. The molecule has 0 saturated heterocycles. The number of nitrogens with one attached hydrogen (secondary N) is 1. The number of carbonyl (C=O) groups excluding carboxylic acids is 2. The number of thiophene rings is 1. The van der Waals surface area contributed by atoms with Gasteiger partial charge in [0.2, 0.25) is 0 Å². The first-order chi connectivity index (χ1) is 13.5. The number of hydrogen-bond acceptors (Lipinski definition) is 5. The van der Waals surface area contributed by atoms with E-state index in [1.807, 2.05) is 39.8 Å². The summed E-state index contributed by atoms with van der Waals surface area (Å²) in [6, 6.07) is 2.99. The number of methoxy groups -OCH3 is 2. The summed E-state index contributed by atoms with van der Waals surface area (Å²) in [7, 11) is 3.18. The number of primary amides is 2. The van der Waals surface area contributed by atoms with Crippen LogP contribution in [0.25, 0.3) is 10.4 Å². The molecule has 2 aromatic rings. The molecule has 0 fully saturated rings. The van der Waals surface area contributed by atoms with Crippen molar-refractivity contribution in [3.63, 3.8) is 0 Å². The van der Waals surface area contributed by atoms with Crippen LogP contribution in [0.2, 0.25) is 0 Å². The van der Waals surface area contributed by atoms with E-state index in [-0.39, 0.29) is 0 Å². The van der Waals surface area contributed by atoms with Gasteiger partial charge in [0, 0.05) is 22.1 Å². The van der Waals surface area contributed by atoms with Crippen LogP contribution in [-0.2, 0) is 12.8 Å². The van der Waals surface area contributed by atoms with Crippen molar-refractivity contribution >= 4 is 28.3 Å². The molecule has 1 aliphatic carbocycles. The molecular weight excluding hydrogens is 378 g/mol. The van der Waals surface area contributed by atoms with Gasteiger partial charge in [-0.15, -0.1) is 11.3 Å². The third-order valence-corrected chi connectivity index (χ3v) is 5.18. The molecule has 0 atom stereocenters. The lowest BCUT2D eigenvalue weighted by Gasteiger charge is -2.20. The number of amides is 3. The standard InChI is InChI=1S/C16H17N3O4S.2C2H6/c1-22-7-5-10-8(11(6-7)23-2)3-4-9-12(14(17)20)15(19-16(18)21)24-13(9)10;2*1-2/h5-6H,3-4H2,1-2H3,(H2,17,20)(H3,18,19,21);2*1-2H3. The second-order valence-corrected chi connectivity index (χ2v) is 6.34. The van der Waals surface area contributed by atoms with Crippen molar-refractivity contribution in [1.82, 2.24) is 0 Å². The molecule has 0 aliphatic heterocycles. The highest BCUT2D eigenvalue weighted by Crippen LogP contribution is 2.48. The molecule has 1 aliphatic rings. The van der Waals surface area contributed by atoms with Gasteiger partial charge >= 0.3 is 6.03 Å². The van der Waals surface area contributed by atoms with Gasteiger partial charge in [0.05, 0.1) is 19.8 Å². The summed E-state index contributed by atoms with van der Waals surface area (Å²) in [6.45, 7) is 8.00. The molecule has 0 radical (unpaired) electrons. The topological polar surface area (TPSA) is 117 Å². The maximum absolute atomic E-state index is 11.9. The Labute approximate surface area is 170 Å². The van der Waals surface area contributed by atoms with Crippen LogP contribution in [-0.4, -0.2) is 26.2 Å². The minimum Gasteiger partial charge on any atom is -0.497 e. The first kappa shape index (κ1) is 23.3. The summed E-state index contributed by atoms with van der Waals surface area (Å²) in [5.41, 5.74) is 13.8. The fourth-order valence-corrected chi connectivity index (χ4v) is 4.31. The summed E-state index contributed by atoms with van der Waals surface area (Å²) in [5.74, 6) is 0.792. The van der Waals surface area contributed by atoms with E-state index in [1.54, 1.807) is 14.2 Å². The maximum Gasteiger partial charge on any atom is 0.317 e. The van der Waals surface area contributed by atoms with E-state index in [2.05, 4.69) is 5.32 Å². The third-order valence-electron chi connectivity index (χ3n) is 4.00. The molecule has 1 aromatic heterocycles. The van der Waals surface area contributed by atoms with Crippen molar-refractivity contribution < 1.29 is 19.1 Å². The minimum atomic E-state index is -0.737. The smallest absolute Gasteiger partial charge is 0.317 e. The van der Waals surface area contributed by atoms with Gasteiger partial charge in [-0.2, -0.15) is 0 Å². The van der Waals surface area contributed by atoms with E-state index in [1.165, 1.54) is 11.3 Å². The van der Waals surface area contributed by atoms with Crippen LogP contribution in [0, 0.1) is 0 Å². The van der Waals surface area contributed by atoms with Gasteiger partial charge in [0.1, 0.15) is 16.5 Å². The number of rotatable bonds is 4. The minimum absolute atomic E-state index is 0.321. The van der Waals surface area contributed by atoms with Crippen LogP contribution < -0.4 is 26.3 Å². The molecule has 154 valence electrons. The molecule has 3 rings (SSSR count). The number of benzene rings is 1. The predicted octanol–water partition coefficient (Wildman–Crippen LogP) is 4.17. The van der Waals surface area contributed by atoms with Crippen molar-refractivity contribution in [3.05, 3.63) is 28.8 Å². The molecule has 0 spiro atoms. The Bertz CT molecular complexity index is 846. The number of ether oxygens (including phenoxy) is 2. The summed E-state index contributed by atoms with van der Waals surface area (Å²) in [4.78, 5) is 24.0. The van der Waals surface area contributed by atoms with Crippen molar-refractivity contribution in [2.24, 2.45) is 11.5 Å². The number of carbonyl (C=O) groups is 2. The van der Waals surface area contributed by atoms with Gasteiger partial charge in [-0.1, -0.05) is 27.7 Å². The predicted molar refractivity (Wildman–Crippen MR) is 115 cm³/mol. The molecule has 7 nitrogen and oxygen atoms in total. The molecule has 8 heteroatoms. The van der Waals surface area contributed by atoms with Crippen LogP contribution in [0.1, 0.15) is 49.2 Å². The molecule has 3 amide bonds. The maximum atomic E-state index is 11.9. The van der Waals surface area contributed by atoms with Gasteiger partial charge in [-0.25, -0.2) is 4.79 Å². The van der Waals surface area contributed by atoms with E-state index in [4.69, 9.17) is 20.9 Å². The average Bonchev–Trinajstić information content (AvgIpc) is 3.07. The molecule has 0 unspecified atom stereocenters. The number of nitrogens with two attached hydrogens (primary N) is 2. The molecule has 1 heterocycles. The highest BCUT2D eigenvalue weighted by atomic mass is 32.1. The monoisotopic (exact) mass is 407 g/mol. The Hall–Kier alpha value is -2.74. The van der Waals surface area contributed by atoms with Crippen molar-refractivity contribution in [2.45, 2.75) is 40.5 Å². The highest BCUT2D eigenvalue weighted by molar-refractivity contribution is 7.20. The van der Waals surface area contributed by atoms with Crippen LogP contribution in [0.15, 0.2) is 12.1 Å². The summed E-state index contributed by atoms with van der Waals surface area (Å²) >= 11 is 1.28. The first-order valence-electron chi connectivity index (χ1n) is 9.23. The lowest BCUT2D eigenvalue weighted by atomic mass is 9.88. The van der Waals surface area contributed by atoms with E-state index in [0.29, 0.717) is 29.2 Å². The Balaban J connectivity index is 0.000000921. The van der Waals surface area contributed by atoms with Crippen molar-refractivity contribution in [2.75, 3.05) is 19.5 Å². The van der Waals surface area contributed by atoms with Gasteiger partial charge < -0.3 is 20.9 Å². The largest absolute Gasteiger partial charge is 0.497 e. The fourth-order valence-electron chi connectivity index (χ4n) is 3.01. The van der Waals surface area contributed by atoms with Gasteiger partial charge in [0.15, 0.2) is 0 Å². The molecule has 5 N–H and O–H groups in total. The van der Waals surface area contributed by atoms with E-state index < -0.39 is 11.9 Å². The molecule has 28 heavy (non-hydrogen) atoms. The number of urea groups is 1. The van der Waals surface area contributed by atoms with E-state index in [9.17, 15) is 9.59 Å². The van der Waals surface area contributed by atoms with Gasteiger partial charge in [-0.05, 0) is 24.5 Å². The number of anilines is 1. The summed E-state index contributed by atoms with van der Waals surface area (Å²) in [5, 5.41) is 2.86. The molecule has 0 saturated carbocycles. The van der Waals surface area contributed by atoms with E-state index >= 15 is 0 Å². The van der Waals surface area contributed by atoms with Crippen molar-refractivity contribution in [1.29, 1.82) is 0 Å². The normalized spacial score (nSPS) is 10.8. The quantitative estimate of drug-likeness (QED) is 0.705. The Morgan fingerprint density at radius 3 is 2.11 bits per heavy atom. The summed E-state index contributed by atoms with van der Waals surface area (Å²) in [6.07, 6.45) is 1.32. The van der Waals surface area contributed by atoms with Crippen molar-refractivity contribution in [3.8, 4) is 21.9 Å². The third kappa shape index (κ3) is 4.56. The zero-order valence-corrected chi connectivity index (χ0v) is 18.1. The Kier molecular flexibility index (Phi) is 8.78. The lowest BCUT2D eigenvalue weighted by molar-refractivity contribution is 0.100. The zero-order chi connectivity index (χ0) is 21.4. The van der Waals surface area contributed by atoms with Crippen LogP contribution in [0.3, 0.4) is 0 Å². The van der Waals surface area contributed by atoms with Crippen LogP contribution in [0.5, 0.6) is 11.5 Å². The molecule has 0 bridgehead atoms. The Morgan fingerprint density at radius 1 is 1.00 bits per heavy atom. The average molecular weight is 408 g/mol. The highest BCUT2D eigenvalue weighted by Gasteiger charge is 2.29. The van der Waals surface area contributed by atoms with Crippen LogP contribution >= 0.6 is 11.3 Å². The number of hydrogen-bond donors (Lipinski definition) is 3. The SMILES string of the molecule is CC.CC.COc1cc(OC)c2c(c1)-c1sc(NC(N)=O)c(C(N)=O)c1CC2. The molecule has 1 aromatic carbocycles. The van der Waals surface area contributed by atoms with Crippen LogP contribution in [0.4, 0.5) is 9.80 Å². The zero-order valence-electron chi connectivity index (χ0n) is 17.3. The lowest BCUT2D eigenvalue weighted by Crippen LogP contribution is -2.22. The second-order valence-electron chi connectivity index (χ2n) is 5.32. The van der Waals surface area contributed by atoms with E-state index in [0.717, 1.165) is 27.3 Å². The fraction of sp³-hybridized carbons (Fsp3) is 0.400. The molecular formula is C20H29N3O4S.